The first-order valence-corrected chi connectivity index (χ1v) is 8.36. The van der Waals surface area contributed by atoms with E-state index in [0.717, 1.165) is 18.2 Å². The second-order valence-electron chi connectivity index (χ2n) is 3.93. The molecule has 0 aliphatic carbocycles. The highest BCUT2D eigenvalue weighted by Gasteiger charge is 2.19. The number of hydrogen-bond donors (Lipinski definition) is 1. The van der Waals surface area contributed by atoms with Crippen LogP contribution in [0.5, 0.6) is 0 Å². The first-order valence-electron chi connectivity index (χ1n) is 5.33. The van der Waals surface area contributed by atoms with Gasteiger partial charge in [-0.2, -0.15) is 0 Å². The zero-order chi connectivity index (χ0) is 15.8. The summed E-state index contributed by atoms with van der Waals surface area (Å²) in [5.74, 6) is -1.73. The van der Waals surface area contributed by atoms with E-state index < -0.39 is 27.3 Å². The van der Waals surface area contributed by atoms with Gasteiger partial charge in [0.15, 0.2) is 0 Å². The summed E-state index contributed by atoms with van der Waals surface area (Å²) >= 11 is 14.2. The Morgan fingerprint density at radius 3 is 2.29 bits per heavy atom. The predicted octanol–water partition coefficient (Wildman–Crippen LogP) is 4.83. The van der Waals surface area contributed by atoms with Crippen LogP contribution >= 0.6 is 39.1 Å². The van der Waals surface area contributed by atoms with Gasteiger partial charge in [0.05, 0.1) is 25.1 Å². The van der Waals surface area contributed by atoms with E-state index >= 15 is 0 Å². The molecule has 0 fully saturated rings. The lowest BCUT2D eigenvalue weighted by Gasteiger charge is -2.10. The van der Waals surface area contributed by atoms with E-state index in [0.29, 0.717) is 0 Å². The summed E-state index contributed by atoms with van der Waals surface area (Å²) in [5, 5.41) is 0.207. The van der Waals surface area contributed by atoms with Gasteiger partial charge in [-0.25, -0.2) is 17.2 Å². The quantitative estimate of drug-likeness (QED) is 0.728. The fourth-order valence-electron chi connectivity index (χ4n) is 1.45. The number of nitrogens with one attached hydrogen (secondary N) is 1. The molecule has 2 rings (SSSR count). The van der Waals surface area contributed by atoms with Gasteiger partial charge < -0.3 is 0 Å². The second-order valence-corrected chi connectivity index (χ2v) is 7.28. The summed E-state index contributed by atoms with van der Waals surface area (Å²) in [6.07, 6.45) is 0. The number of anilines is 1. The highest BCUT2D eigenvalue weighted by Crippen LogP contribution is 2.28. The van der Waals surface area contributed by atoms with Crippen LogP contribution in [0, 0.1) is 11.6 Å². The van der Waals surface area contributed by atoms with E-state index in [2.05, 4.69) is 15.9 Å². The summed E-state index contributed by atoms with van der Waals surface area (Å²) < 4.78 is 53.1. The molecule has 0 saturated heterocycles. The summed E-state index contributed by atoms with van der Waals surface area (Å²) in [7, 11) is -4.12. The highest BCUT2D eigenvalue weighted by atomic mass is 79.9. The molecule has 0 aliphatic rings. The monoisotopic (exact) mass is 415 g/mol. The Labute approximate surface area is 138 Å². The van der Waals surface area contributed by atoms with Gasteiger partial charge in [0.25, 0.3) is 10.0 Å². The van der Waals surface area contributed by atoms with Crippen LogP contribution in [0.1, 0.15) is 0 Å². The lowest BCUT2D eigenvalue weighted by molar-refractivity contribution is 0.592. The van der Waals surface area contributed by atoms with E-state index in [1.165, 1.54) is 12.1 Å². The van der Waals surface area contributed by atoms with Crippen molar-refractivity contribution in [1.82, 2.24) is 0 Å². The van der Waals surface area contributed by atoms with E-state index in [4.69, 9.17) is 23.2 Å². The van der Waals surface area contributed by atoms with Crippen molar-refractivity contribution < 1.29 is 17.2 Å². The van der Waals surface area contributed by atoms with Crippen LogP contribution in [-0.4, -0.2) is 8.42 Å². The zero-order valence-corrected chi connectivity index (χ0v) is 13.9. The van der Waals surface area contributed by atoms with Crippen LogP contribution in [0.4, 0.5) is 14.5 Å². The first-order chi connectivity index (χ1) is 9.70. The highest BCUT2D eigenvalue weighted by molar-refractivity contribution is 9.10. The van der Waals surface area contributed by atoms with Crippen molar-refractivity contribution in [2.75, 3.05) is 4.72 Å². The molecule has 3 nitrogen and oxygen atoms in total. The number of rotatable bonds is 3. The van der Waals surface area contributed by atoms with Gasteiger partial charge in [-0.05, 0) is 40.2 Å². The molecule has 0 saturated carbocycles. The molecule has 9 heteroatoms. The molecule has 0 unspecified atom stereocenters. The molecular formula is C12H6BrCl2F2NO2S. The van der Waals surface area contributed by atoms with Crippen molar-refractivity contribution in [3.05, 3.63) is 56.5 Å². The van der Waals surface area contributed by atoms with Crippen LogP contribution in [0.3, 0.4) is 0 Å². The SMILES string of the molecule is O=S(=O)(Nc1cc(F)c(Br)cc1F)c1ccc(Cl)c(Cl)c1. The smallest absolute Gasteiger partial charge is 0.262 e. The fourth-order valence-corrected chi connectivity index (χ4v) is 3.21. The maximum Gasteiger partial charge on any atom is 0.262 e. The lowest BCUT2D eigenvalue weighted by atomic mass is 10.3. The molecule has 0 atom stereocenters. The molecule has 0 aromatic heterocycles. The fraction of sp³-hybridized carbons (Fsp3) is 0. The largest absolute Gasteiger partial charge is 0.277 e. The Morgan fingerprint density at radius 2 is 1.67 bits per heavy atom. The van der Waals surface area contributed by atoms with Gasteiger partial charge in [-0.15, -0.1) is 0 Å². The maximum atomic E-state index is 13.6. The number of benzene rings is 2. The number of sulfonamides is 1. The van der Waals surface area contributed by atoms with Gasteiger partial charge in [-0.1, -0.05) is 23.2 Å². The molecule has 112 valence electrons. The third-order valence-electron chi connectivity index (χ3n) is 2.46. The molecular weight excluding hydrogens is 411 g/mol. The molecule has 0 bridgehead atoms. The van der Waals surface area contributed by atoms with Gasteiger partial charge in [0, 0.05) is 6.07 Å². The normalized spacial score (nSPS) is 11.5. The maximum absolute atomic E-state index is 13.6. The van der Waals surface area contributed by atoms with Crippen molar-refractivity contribution in [1.29, 1.82) is 0 Å². The van der Waals surface area contributed by atoms with Crippen LogP contribution in [0.2, 0.25) is 10.0 Å². The molecule has 2 aromatic rings. The third-order valence-corrected chi connectivity index (χ3v) is 5.17. The molecule has 0 spiro atoms. The third kappa shape index (κ3) is 3.66. The Bertz CT molecular complexity index is 815. The minimum Gasteiger partial charge on any atom is -0.277 e. The summed E-state index contributed by atoms with van der Waals surface area (Å²) in [6, 6.07) is 5.15. The molecule has 0 aliphatic heterocycles. The number of hydrogen-bond acceptors (Lipinski definition) is 2. The minimum atomic E-state index is -4.12. The van der Waals surface area contributed by atoms with Crippen LogP contribution < -0.4 is 4.72 Å². The minimum absolute atomic E-state index is 0.0296. The van der Waals surface area contributed by atoms with E-state index in [9.17, 15) is 17.2 Å². The second kappa shape index (κ2) is 6.08. The van der Waals surface area contributed by atoms with E-state index in [1.54, 1.807) is 0 Å². The Kier molecular flexibility index (Phi) is 4.77. The van der Waals surface area contributed by atoms with Crippen molar-refractivity contribution in [3.63, 3.8) is 0 Å². The van der Waals surface area contributed by atoms with Gasteiger partial charge in [0.2, 0.25) is 0 Å². The molecule has 21 heavy (non-hydrogen) atoms. The van der Waals surface area contributed by atoms with Crippen molar-refractivity contribution >= 4 is 54.8 Å². The predicted molar refractivity (Wildman–Crippen MR) is 81.3 cm³/mol. The molecule has 2 aromatic carbocycles. The zero-order valence-electron chi connectivity index (χ0n) is 10.0. The first kappa shape index (κ1) is 16.5. The summed E-state index contributed by atoms with van der Waals surface area (Å²) in [5.41, 5.74) is -0.512. The number of halogens is 5. The molecule has 0 amide bonds. The van der Waals surface area contributed by atoms with E-state index in [1.807, 2.05) is 4.72 Å². The van der Waals surface area contributed by atoms with Gasteiger partial charge >= 0.3 is 0 Å². The Balaban J connectivity index is 2.42. The molecule has 1 N–H and O–H groups in total. The average Bonchev–Trinajstić information content (AvgIpc) is 2.39. The molecule has 0 heterocycles. The van der Waals surface area contributed by atoms with Crippen molar-refractivity contribution in [2.45, 2.75) is 4.90 Å². The van der Waals surface area contributed by atoms with Crippen molar-refractivity contribution in [3.8, 4) is 0 Å². The van der Waals surface area contributed by atoms with E-state index in [-0.39, 0.29) is 19.4 Å². The molecule has 0 radical (unpaired) electrons. The lowest BCUT2D eigenvalue weighted by Crippen LogP contribution is -2.14. The summed E-state index contributed by atoms with van der Waals surface area (Å²) in [6.45, 7) is 0. The van der Waals surface area contributed by atoms with Crippen LogP contribution in [0.15, 0.2) is 39.7 Å². The Hall–Kier alpha value is -0.890. The average molecular weight is 417 g/mol. The van der Waals surface area contributed by atoms with Crippen LogP contribution in [-0.2, 0) is 10.0 Å². The Morgan fingerprint density at radius 1 is 1.00 bits per heavy atom. The van der Waals surface area contributed by atoms with Crippen molar-refractivity contribution in [2.24, 2.45) is 0 Å². The standard InChI is InChI=1S/C12H6BrCl2F2NO2S/c13-7-4-11(17)12(5-10(7)16)18-21(19,20)6-1-2-8(14)9(15)3-6/h1-5,18H. The summed E-state index contributed by atoms with van der Waals surface area (Å²) in [4.78, 5) is -0.223. The van der Waals surface area contributed by atoms with Gasteiger partial charge in [0.1, 0.15) is 11.6 Å². The van der Waals surface area contributed by atoms with Crippen LogP contribution in [0.25, 0.3) is 0 Å². The topological polar surface area (TPSA) is 46.2 Å². The van der Waals surface area contributed by atoms with Gasteiger partial charge in [-0.3, -0.25) is 4.72 Å².